The minimum absolute atomic E-state index is 0.0209. The zero-order valence-electron chi connectivity index (χ0n) is 11.4. The fourth-order valence-electron chi connectivity index (χ4n) is 2.02. The molecule has 20 heavy (non-hydrogen) atoms. The van der Waals surface area contributed by atoms with Crippen LogP contribution in [0.5, 0.6) is 5.75 Å². The van der Waals surface area contributed by atoms with Crippen molar-refractivity contribution < 1.29 is 9.13 Å². The molecule has 2 N–H and O–H groups in total. The highest BCUT2D eigenvalue weighted by Crippen LogP contribution is 2.31. The van der Waals surface area contributed by atoms with Crippen LogP contribution in [0, 0.1) is 5.82 Å². The Hall–Kier alpha value is -1.58. The Morgan fingerprint density at radius 2 is 1.80 bits per heavy atom. The molecule has 2 aromatic carbocycles. The van der Waals surface area contributed by atoms with E-state index in [4.69, 9.17) is 22.1 Å². The fraction of sp³-hybridized carbons (Fsp3) is 0.250. The van der Waals surface area contributed by atoms with E-state index in [1.165, 1.54) is 12.1 Å². The third kappa shape index (κ3) is 3.30. The molecule has 4 heteroatoms. The van der Waals surface area contributed by atoms with E-state index in [0.717, 1.165) is 5.56 Å². The van der Waals surface area contributed by atoms with Gasteiger partial charge in [0.25, 0.3) is 0 Å². The Balaban J connectivity index is 2.42. The Bertz CT molecular complexity index is 601. The van der Waals surface area contributed by atoms with Crippen LogP contribution in [0.2, 0.25) is 5.02 Å². The molecule has 2 aromatic rings. The van der Waals surface area contributed by atoms with Gasteiger partial charge in [0.05, 0.1) is 12.1 Å². The molecule has 0 aliphatic rings. The molecule has 0 saturated heterocycles. The van der Waals surface area contributed by atoms with E-state index in [1.54, 1.807) is 6.07 Å². The van der Waals surface area contributed by atoms with Gasteiger partial charge >= 0.3 is 0 Å². The van der Waals surface area contributed by atoms with Crippen LogP contribution in [0.1, 0.15) is 31.0 Å². The monoisotopic (exact) mass is 293 g/mol. The van der Waals surface area contributed by atoms with E-state index in [-0.39, 0.29) is 11.9 Å². The molecule has 1 atom stereocenters. The lowest BCUT2D eigenvalue weighted by Gasteiger charge is -2.19. The average Bonchev–Trinajstić information content (AvgIpc) is 2.41. The Morgan fingerprint density at radius 3 is 2.50 bits per heavy atom. The lowest BCUT2D eigenvalue weighted by molar-refractivity contribution is 0.239. The van der Waals surface area contributed by atoms with Crippen molar-refractivity contribution in [1.29, 1.82) is 0 Å². The topological polar surface area (TPSA) is 35.2 Å². The first-order valence-electron chi connectivity index (χ1n) is 6.45. The number of rotatable bonds is 4. The van der Waals surface area contributed by atoms with Gasteiger partial charge in [-0.3, -0.25) is 0 Å². The third-order valence-electron chi connectivity index (χ3n) is 2.91. The van der Waals surface area contributed by atoms with Crippen molar-refractivity contribution in [1.82, 2.24) is 0 Å². The van der Waals surface area contributed by atoms with Crippen LogP contribution in [0.25, 0.3) is 0 Å². The van der Waals surface area contributed by atoms with Crippen LogP contribution >= 0.6 is 11.6 Å². The van der Waals surface area contributed by atoms with Gasteiger partial charge in [-0.15, -0.1) is 0 Å². The predicted molar refractivity (Wildman–Crippen MR) is 79.6 cm³/mol. The summed E-state index contributed by atoms with van der Waals surface area (Å²) in [5, 5.41) is 0.458. The van der Waals surface area contributed by atoms with Gasteiger partial charge in [0.2, 0.25) is 0 Å². The van der Waals surface area contributed by atoms with Crippen LogP contribution in [0.3, 0.4) is 0 Å². The van der Waals surface area contributed by atoms with Crippen molar-refractivity contribution in [2.75, 3.05) is 0 Å². The molecular weight excluding hydrogens is 277 g/mol. The normalized spacial score (nSPS) is 12.5. The molecule has 2 rings (SSSR count). The van der Waals surface area contributed by atoms with Crippen molar-refractivity contribution in [2.45, 2.75) is 26.0 Å². The molecule has 0 aliphatic carbocycles. The van der Waals surface area contributed by atoms with Gasteiger partial charge in [-0.25, -0.2) is 4.39 Å². The van der Waals surface area contributed by atoms with Gasteiger partial charge in [-0.2, -0.15) is 0 Å². The fourth-order valence-corrected chi connectivity index (χ4v) is 2.20. The van der Waals surface area contributed by atoms with Crippen LogP contribution in [0.4, 0.5) is 4.39 Å². The summed E-state index contributed by atoms with van der Waals surface area (Å²) < 4.78 is 19.6. The van der Waals surface area contributed by atoms with Crippen molar-refractivity contribution in [3.63, 3.8) is 0 Å². The Labute approximate surface area is 123 Å². The molecule has 0 aromatic heterocycles. The highest BCUT2D eigenvalue weighted by Gasteiger charge is 2.18. The zero-order valence-corrected chi connectivity index (χ0v) is 12.2. The van der Waals surface area contributed by atoms with E-state index >= 15 is 0 Å². The molecule has 0 radical (unpaired) electrons. The molecule has 0 amide bonds. The number of nitrogens with two attached hydrogens (primary N) is 1. The quantitative estimate of drug-likeness (QED) is 0.911. The van der Waals surface area contributed by atoms with Crippen LogP contribution in [-0.2, 0) is 0 Å². The van der Waals surface area contributed by atoms with Gasteiger partial charge in [0.1, 0.15) is 11.6 Å². The Kier molecular flexibility index (Phi) is 4.63. The summed E-state index contributed by atoms with van der Waals surface area (Å²) in [5.74, 6) is 0.288. The summed E-state index contributed by atoms with van der Waals surface area (Å²) in [5.41, 5.74) is 7.28. The van der Waals surface area contributed by atoms with Crippen molar-refractivity contribution in [2.24, 2.45) is 5.73 Å². The van der Waals surface area contributed by atoms with Gasteiger partial charge < -0.3 is 10.5 Å². The summed E-state index contributed by atoms with van der Waals surface area (Å²) in [6.45, 7) is 3.87. The predicted octanol–water partition coefficient (Wildman–Crippen LogP) is 4.31. The molecular formula is C16H17ClFNO. The zero-order chi connectivity index (χ0) is 14.7. The molecule has 2 nitrogen and oxygen atoms in total. The third-order valence-corrected chi connectivity index (χ3v) is 3.14. The molecule has 0 aliphatic heterocycles. The smallest absolute Gasteiger partial charge is 0.128 e. The van der Waals surface area contributed by atoms with E-state index in [2.05, 4.69) is 0 Å². The second kappa shape index (κ2) is 6.25. The average molecular weight is 294 g/mol. The maximum atomic E-state index is 13.9. The lowest BCUT2D eigenvalue weighted by Crippen LogP contribution is -2.16. The minimum atomic E-state index is -0.622. The molecule has 106 valence electrons. The summed E-state index contributed by atoms with van der Waals surface area (Å²) in [7, 11) is 0. The maximum absolute atomic E-state index is 13.9. The molecule has 0 saturated carbocycles. The summed E-state index contributed by atoms with van der Waals surface area (Å²) in [6, 6.07) is 11.1. The van der Waals surface area contributed by atoms with Crippen molar-refractivity contribution in [3.8, 4) is 5.75 Å². The van der Waals surface area contributed by atoms with Gasteiger partial charge in [-0.05, 0) is 38.1 Å². The summed E-state index contributed by atoms with van der Waals surface area (Å²) >= 11 is 5.92. The maximum Gasteiger partial charge on any atom is 0.128 e. The highest BCUT2D eigenvalue weighted by molar-refractivity contribution is 6.30. The summed E-state index contributed by atoms with van der Waals surface area (Å²) in [6.07, 6.45) is 0.0209. The van der Waals surface area contributed by atoms with E-state index in [1.807, 2.05) is 38.1 Å². The molecule has 0 bridgehead atoms. The first kappa shape index (κ1) is 14.8. The second-order valence-electron chi connectivity index (χ2n) is 4.85. The minimum Gasteiger partial charge on any atom is -0.491 e. The van der Waals surface area contributed by atoms with E-state index in [9.17, 15) is 4.39 Å². The molecule has 0 fully saturated rings. The van der Waals surface area contributed by atoms with Crippen molar-refractivity contribution in [3.05, 3.63) is 64.4 Å². The number of para-hydroxylation sites is 1. The number of benzene rings is 2. The molecule has 0 heterocycles. The first-order valence-corrected chi connectivity index (χ1v) is 6.83. The number of ether oxygens (including phenoxy) is 1. The van der Waals surface area contributed by atoms with Crippen LogP contribution in [0.15, 0.2) is 42.5 Å². The Morgan fingerprint density at radius 1 is 1.10 bits per heavy atom. The van der Waals surface area contributed by atoms with Gasteiger partial charge in [0.15, 0.2) is 0 Å². The van der Waals surface area contributed by atoms with E-state index < -0.39 is 6.04 Å². The first-order chi connectivity index (χ1) is 9.49. The van der Waals surface area contributed by atoms with Crippen molar-refractivity contribution >= 4 is 11.6 Å². The van der Waals surface area contributed by atoms with Crippen LogP contribution < -0.4 is 10.5 Å². The van der Waals surface area contributed by atoms with Gasteiger partial charge in [0, 0.05) is 16.1 Å². The van der Waals surface area contributed by atoms with Gasteiger partial charge in [-0.1, -0.05) is 29.8 Å². The molecule has 0 spiro atoms. The SMILES string of the molecule is CC(C)Oc1ccccc1C(N)c1cc(Cl)ccc1F. The largest absolute Gasteiger partial charge is 0.491 e. The standard InChI is InChI=1S/C16H17ClFNO/c1-10(2)20-15-6-4-3-5-12(15)16(19)13-9-11(17)7-8-14(13)18/h3-10,16H,19H2,1-2H3. The molecule has 1 unspecified atom stereocenters. The number of halogens is 2. The second-order valence-corrected chi connectivity index (χ2v) is 5.28. The highest BCUT2D eigenvalue weighted by atomic mass is 35.5. The number of hydrogen-bond donors (Lipinski definition) is 1. The summed E-state index contributed by atoms with van der Waals surface area (Å²) in [4.78, 5) is 0. The number of hydrogen-bond acceptors (Lipinski definition) is 2. The lowest BCUT2D eigenvalue weighted by atomic mass is 9.98. The van der Waals surface area contributed by atoms with E-state index in [0.29, 0.717) is 16.3 Å². The van der Waals surface area contributed by atoms with Crippen LogP contribution in [-0.4, -0.2) is 6.10 Å².